The molecule has 0 atom stereocenters. The molecule has 0 amide bonds. The first-order chi connectivity index (χ1) is 12.8. The zero-order chi connectivity index (χ0) is 20.0. The number of phenolic OH excluding ortho intramolecular Hbond substituents is 1. The Bertz CT molecular complexity index is 890. The second-order valence-corrected chi connectivity index (χ2v) is 6.30. The lowest BCUT2D eigenvalue weighted by atomic mass is 10.00. The summed E-state index contributed by atoms with van der Waals surface area (Å²) in [5.74, 6) is -0.00998. The average molecular weight is 368 g/mol. The highest BCUT2D eigenvalue weighted by Gasteiger charge is 2.11. The molecule has 27 heavy (non-hydrogen) atoms. The molecule has 0 heterocycles. The number of allylic oxidation sites excluding steroid dienone is 2. The lowest BCUT2D eigenvalue weighted by molar-refractivity contribution is 0.0693. The number of carboxylic acid groups (broad SMARTS) is 1. The van der Waals surface area contributed by atoms with Crippen molar-refractivity contribution in [2.24, 2.45) is 0 Å². The van der Waals surface area contributed by atoms with Crippen LogP contribution < -0.4 is 9.47 Å². The highest BCUT2D eigenvalue weighted by atomic mass is 16.5. The van der Waals surface area contributed by atoms with E-state index < -0.39 is 5.97 Å². The number of methoxy groups -OCH3 is 2. The molecule has 0 aromatic heterocycles. The van der Waals surface area contributed by atoms with E-state index >= 15 is 0 Å². The van der Waals surface area contributed by atoms with Crippen molar-refractivity contribution < 1.29 is 24.5 Å². The Morgan fingerprint density at radius 3 is 2.33 bits per heavy atom. The van der Waals surface area contributed by atoms with Gasteiger partial charge in [0, 0.05) is 11.6 Å². The number of hydrogen-bond donors (Lipinski definition) is 2. The van der Waals surface area contributed by atoms with Gasteiger partial charge in [-0.1, -0.05) is 29.9 Å². The Labute approximate surface area is 159 Å². The van der Waals surface area contributed by atoms with Gasteiger partial charge < -0.3 is 19.7 Å². The smallest absolute Gasteiger partial charge is 0.339 e. The summed E-state index contributed by atoms with van der Waals surface area (Å²) in [7, 11) is 3.01. The molecule has 0 saturated carbocycles. The Kier molecular flexibility index (Phi) is 6.66. The minimum absolute atomic E-state index is 0.109. The van der Waals surface area contributed by atoms with Crippen LogP contribution in [0.25, 0.3) is 12.2 Å². The maximum absolute atomic E-state index is 11.2. The van der Waals surface area contributed by atoms with Gasteiger partial charge in [-0.3, -0.25) is 0 Å². The van der Waals surface area contributed by atoms with Crippen molar-refractivity contribution in [2.45, 2.75) is 20.3 Å². The van der Waals surface area contributed by atoms with E-state index in [0.717, 1.165) is 16.7 Å². The molecule has 0 saturated heterocycles. The summed E-state index contributed by atoms with van der Waals surface area (Å²) < 4.78 is 10.6. The van der Waals surface area contributed by atoms with Gasteiger partial charge in [-0.2, -0.15) is 0 Å². The van der Waals surface area contributed by atoms with Crippen LogP contribution in [0.3, 0.4) is 0 Å². The molecule has 2 aromatic rings. The maximum atomic E-state index is 11.2. The number of carboxylic acids is 1. The van der Waals surface area contributed by atoms with E-state index in [1.807, 2.05) is 26.0 Å². The summed E-state index contributed by atoms with van der Waals surface area (Å²) in [6, 6.07) is 8.15. The Morgan fingerprint density at radius 1 is 1.04 bits per heavy atom. The molecule has 142 valence electrons. The van der Waals surface area contributed by atoms with Crippen LogP contribution in [-0.4, -0.2) is 30.4 Å². The van der Waals surface area contributed by atoms with Crippen molar-refractivity contribution in [3.8, 4) is 17.2 Å². The molecule has 0 fully saturated rings. The van der Waals surface area contributed by atoms with Crippen molar-refractivity contribution in [3.63, 3.8) is 0 Å². The number of rotatable bonds is 7. The maximum Gasteiger partial charge on any atom is 0.339 e. The van der Waals surface area contributed by atoms with E-state index in [1.165, 1.54) is 18.7 Å². The normalized spacial score (nSPS) is 10.7. The average Bonchev–Trinajstić information content (AvgIpc) is 2.64. The van der Waals surface area contributed by atoms with Gasteiger partial charge in [-0.25, -0.2) is 4.79 Å². The summed E-state index contributed by atoms with van der Waals surface area (Å²) in [5.41, 5.74) is 3.87. The first-order valence-electron chi connectivity index (χ1n) is 8.48. The van der Waals surface area contributed by atoms with E-state index in [1.54, 1.807) is 31.4 Å². The number of aromatic hydroxyl groups is 1. The largest absolute Gasteiger partial charge is 0.508 e. The number of hydrogen-bond acceptors (Lipinski definition) is 4. The van der Waals surface area contributed by atoms with Crippen molar-refractivity contribution in [1.82, 2.24) is 0 Å². The third-order valence-corrected chi connectivity index (χ3v) is 4.07. The van der Waals surface area contributed by atoms with Crippen molar-refractivity contribution >= 4 is 18.1 Å². The van der Waals surface area contributed by atoms with E-state index in [9.17, 15) is 15.0 Å². The highest BCUT2D eigenvalue weighted by Crippen LogP contribution is 2.31. The van der Waals surface area contributed by atoms with Crippen molar-refractivity contribution in [1.29, 1.82) is 0 Å². The van der Waals surface area contributed by atoms with Crippen LogP contribution in [0.15, 0.2) is 42.0 Å². The highest BCUT2D eigenvalue weighted by molar-refractivity contribution is 5.91. The molecule has 0 bridgehead atoms. The minimum atomic E-state index is -1.04. The van der Waals surface area contributed by atoms with Gasteiger partial charge in [0.15, 0.2) is 0 Å². The number of benzene rings is 2. The monoisotopic (exact) mass is 368 g/mol. The van der Waals surface area contributed by atoms with Gasteiger partial charge in [0.05, 0.1) is 14.2 Å². The molecular formula is C22H24O5. The van der Waals surface area contributed by atoms with Gasteiger partial charge in [-0.05, 0) is 49.6 Å². The number of aromatic carboxylic acids is 1. The molecule has 5 heteroatoms. The predicted octanol–water partition coefficient (Wildman–Crippen LogP) is 4.79. The Morgan fingerprint density at radius 2 is 1.74 bits per heavy atom. The lowest BCUT2D eigenvalue weighted by Crippen LogP contribution is -2.00. The van der Waals surface area contributed by atoms with Crippen LogP contribution in [0.5, 0.6) is 17.2 Å². The molecule has 0 unspecified atom stereocenters. The molecule has 0 aliphatic rings. The van der Waals surface area contributed by atoms with Crippen LogP contribution >= 0.6 is 0 Å². The van der Waals surface area contributed by atoms with Crippen LogP contribution in [-0.2, 0) is 6.42 Å². The third-order valence-electron chi connectivity index (χ3n) is 4.07. The number of phenols is 1. The molecule has 2 rings (SSSR count). The summed E-state index contributed by atoms with van der Waals surface area (Å²) in [6.45, 7) is 4.05. The van der Waals surface area contributed by atoms with Crippen LogP contribution in [0.4, 0.5) is 0 Å². The molecule has 0 radical (unpaired) electrons. The molecule has 2 aromatic carbocycles. The molecule has 5 nitrogen and oxygen atoms in total. The fourth-order valence-corrected chi connectivity index (χ4v) is 2.68. The van der Waals surface area contributed by atoms with Gasteiger partial charge >= 0.3 is 5.97 Å². The Balaban J connectivity index is 2.45. The van der Waals surface area contributed by atoms with Crippen LogP contribution in [0.2, 0.25) is 0 Å². The summed E-state index contributed by atoms with van der Waals surface area (Å²) >= 11 is 0. The van der Waals surface area contributed by atoms with Gasteiger partial charge in [0.2, 0.25) is 0 Å². The lowest BCUT2D eigenvalue weighted by Gasteiger charge is -2.12. The van der Waals surface area contributed by atoms with Crippen molar-refractivity contribution in [3.05, 3.63) is 64.2 Å². The number of ether oxygens (including phenoxy) is 2. The van der Waals surface area contributed by atoms with Gasteiger partial charge in [-0.15, -0.1) is 0 Å². The standard InChI is InChI=1S/C22H24O5/c1-14(2)5-9-18-16(12-17(23)13-21(18)27-4)8-6-15-7-10-19(22(24)25)20(11-15)26-3/h5-8,10-13,23H,9H2,1-4H3,(H,24,25)/b8-6+. The first kappa shape index (κ1) is 20.1. The van der Waals surface area contributed by atoms with Gasteiger partial charge in [0.1, 0.15) is 22.8 Å². The SMILES string of the molecule is COc1cc(/C=C/c2cc(O)cc(OC)c2CC=C(C)C)ccc1C(=O)O. The fourth-order valence-electron chi connectivity index (χ4n) is 2.68. The zero-order valence-electron chi connectivity index (χ0n) is 15.9. The topological polar surface area (TPSA) is 76.0 Å². The van der Waals surface area contributed by atoms with E-state index in [4.69, 9.17) is 9.47 Å². The number of carbonyl (C=O) groups is 1. The van der Waals surface area contributed by atoms with E-state index in [2.05, 4.69) is 6.08 Å². The molecule has 0 aliphatic heterocycles. The van der Waals surface area contributed by atoms with Crippen LogP contribution in [0, 0.1) is 0 Å². The fraction of sp³-hybridized carbons (Fsp3) is 0.227. The second-order valence-electron chi connectivity index (χ2n) is 6.30. The van der Waals surface area contributed by atoms with E-state index in [0.29, 0.717) is 17.9 Å². The third kappa shape index (κ3) is 5.14. The zero-order valence-corrected chi connectivity index (χ0v) is 15.9. The molecular weight excluding hydrogens is 344 g/mol. The molecule has 2 N–H and O–H groups in total. The van der Waals surface area contributed by atoms with Crippen LogP contribution in [0.1, 0.15) is 40.9 Å². The molecule has 0 spiro atoms. The predicted molar refractivity (Wildman–Crippen MR) is 107 cm³/mol. The van der Waals surface area contributed by atoms with Gasteiger partial charge in [0.25, 0.3) is 0 Å². The summed E-state index contributed by atoms with van der Waals surface area (Å²) in [5, 5.41) is 19.2. The van der Waals surface area contributed by atoms with Crippen molar-refractivity contribution in [2.75, 3.05) is 14.2 Å². The first-order valence-corrected chi connectivity index (χ1v) is 8.48. The molecule has 0 aliphatic carbocycles. The second kappa shape index (κ2) is 8.94. The Hall–Kier alpha value is -3.21. The summed E-state index contributed by atoms with van der Waals surface area (Å²) in [6.07, 6.45) is 6.48. The minimum Gasteiger partial charge on any atom is -0.508 e. The van der Waals surface area contributed by atoms with E-state index in [-0.39, 0.29) is 11.3 Å². The summed E-state index contributed by atoms with van der Waals surface area (Å²) in [4.78, 5) is 11.2. The quantitative estimate of drug-likeness (QED) is 0.543.